The van der Waals surface area contributed by atoms with Gasteiger partial charge in [-0.05, 0) is 24.1 Å². The van der Waals surface area contributed by atoms with E-state index in [1.807, 2.05) is 18.5 Å². The molecular weight excluding hydrogens is 186 g/mol. The predicted molar refractivity (Wildman–Crippen MR) is 59.3 cm³/mol. The van der Waals surface area contributed by atoms with Crippen LogP contribution >= 0.6 is 0 Å². The maximum atomic E-state index is 8.83. The quantitative estimate of drug-likeness (QED) is 0.745. The van der Waals surface area contributed by atoms with Gasteiger partial charge in [-0.2, -0.15) is 5.26 Å². The molecule has 0 bridgehead atoms. The maximum Gasteiger partial charge on any atom is 0.0992 e. The van der Waals surface area contributed by atoms with E-state index in [-0.39, 0.29) is 0 Å². The summed E-state index contributed by atoms with van der Waals surface area (Å²) in [5.41, 5.74) is 2.69. The first kappa shape index (κ1) is 9.72. The Hall–Kier alpha value is -1.82. The van der Waals surface area contributed by atoms with Crippen LogP contribution in [0.2, 0.25) is 0 Å². The predicted octanol–water partition coefficient (Wildman–Crippen LogP) is 2.56. The molecule has 3 nitrogen and oxygen atoms in total. The van der Waals surface area contributed by atoms with E-state index in [1.165, 1.54) is 0 Å². The van der Waals surface area contributed by atoms with E-state index >= 15 is 0 Å². The second kappa shape index (κ2) is 3.74. The Morgan fingerprint density at radius 2 is 2.27 bits per heavy atom. The van der Waals surface area contributed by atoms with Gasteiger partial charge in [0.2, 0.25) is 0 Å². The number of fused-ring (bicyclic) bond motifs is 1. The van der Waals surface area contributed by atoms with Gasteiger partial charge in [-0.15, -0.1) is 0 Å². The molecule has 15 heavy (non-hydrogen) atoms. The van der Waals surface area contributed by atoms with Gasteiger partial charge >= 0.3 is 0 Å². The zero-order chi connectivity index (χ0) is 10.8. The zero-order valence-electron chi connectivity index (χ0n) is 8.94. The molecule has 0 aliphatic carbocycles. The number of imidazole rings is 1. The van der Waals surface area contributed by atoms with Gasteiger partial charge in [0.1, 0.15) is 0 Å². The smallest absolute Gasteiger partial charge is 0.0992 e. The van der Waals surface area contributed by atoms with Gasteiger partial charge in [-0.25, -0.2) is 4.98 Å². The van der Waals surface area contributed by atoms with Crippen molar-refractivity contribution in [2.75, 3.05) is 0 Å². The third-order valence-electron chi connectivity index (χ3n) is 2.31. The van der Waals surface area contributed by atoms with Crippen LogP contribution in [0, 0.1) is 17.2 Å². The van der Waals surface area contributed by atoms with E-state index < -0.39 is 0 Å². The van der Waals surface area contributed by atoms with Crippen LogP contribution in [0.3, 0.4) is 0 Å². The molecule has 0 N–H and O–H groups in total. The molecule has 0 fully saturated rings. The Morgan fingerprint density at radius 1 is 1.47 bits per heavy atom. The highest BCUT2D eigenvalue weighted by atomic mass is 15.0. The second-order valence-electron chi connectivity index (χ2n) is 4.11. The van der Waals surface area contributed by atoms with Crippen LogP contribution in [0.4, 0.5) is 0 Å². The highest BCUT2D eigenvalue weighted by Gasteiger charge is 2.04. The molecule has 0 radical (unpaired) electrons. The van der Waals surface area contributed by atoms with Crippen LogP contribution in [0.25, 0.3) is 11.0 Å². The summed E-state index contributed by atoms with van der Waals surface area (Å²) < 4.78 is 2.10. The number of nitriles is 1. The number of benzene rings is 1. The summed E-state index contributed by atoms with van der Waals surface area (Å²) in [5, 5.41) is 8.83. The van der Waals surface area contributed by atoms with E-state index in [0.29, 0.717) is 11.5 Å². The fourth-order valence-corrected chi connectivity index (χ4v) is 1.67. The van der Waals surface area contributed by atoms with E-state index in [2.05, 4.69) is 29.5 Å². The van der Waals surface area contributed by atoms with Gasteiger partial charge in [-0.3, -0.25) is 0 Å². The number of hydrogen-bond donors (Lipinski definition) is 0. The average Bonchev–Trinajstić information content (AvgIpc) is 2.60. The molecule has 0 saturated heterocycles. The number of nitrogens with zero attached hydrogens (tertiary/aromatic N) is 3. The van der Waals surface area contributed by atoms with Crippen molar-refractivity contribution in [3.8, 4) is 6.07 Å². The molecule has 0 aliphatic rings. The van der Waals surface area contributed by atoms with Crippen LogP contribution in [0.15, 0.2) is 24.5 Å². The fourth-order valence-electron chi connectivity index (χ4n) is 1.67. The highest BCUT2D eigenvalue weighted by Crippen LogP contribution is 2.15. The topological polar surface area (TPSA) is 41.6 Å². The molecule has 0 amide bonds. The summed E-state index contributed by atoms with van der Waals surface area (Å²) in [6, 6.07) is 7.74. The first-order chi connectivity index (χ1) is 7.20. The molecular formula is C12H13N3. The summed E-state index contributed by atoms with van der Waals surface area (Å²) >= 11 is 0. The number of aromatic nitrogens is 2. The van der Waals surface area contributed by atoms with Gasteiger partial charge in [0, 0.05) is 6.54 Å². The molecule has 0 aliphatic heterocycles. The molecule has 0 atom stereocenters. The Morgan fingerprint density at radius 3 is 2.93 bits per heavy atom. The van der Waals surface area contributed by atoms with Gasteiger partial charge < -0.3 is 4.57 Å². The largest absolute Gasteiger partial charge is 0.330 e. The molecule has 3 heteroatoms. The SMILES string of the molecule is CC(C)Cn1cnc2ccc(C#N)cc21. The maximum absolute atomic E-state index is 8.83. The minimum atomic E-state index is 0.577. The van der Waals surface area contributed by atoms with Crippen LogP contribution < -0.4 is 0 Å². The second-order valence-corrected chi connectivity index (χ2v) is 4.11. The Kier molecular flexibility index (Phi) is 2.42. The summed E-state index contributed by atoms with van der Waals surface area (Å²) in [7, 11) is 0. The third kappa shape index (κ3) is 1.84. The van der Waals surface area contributed by atoms with Crippen molar-refractivity contribution in [3.05, 3.63) is 30.1 Å². The van der Waals surface area contributed by atoms with Crippen molar-refractivity contribution < 1.29 is 0 Å². The van der Waals surface area contributed by atoms with E-state index in [1.54, 1.807) is 6.07 Å². The number of rotatable bonds is 2. The Bertz CT molecular complexity index is 517. The molecule has 1 aromatic heterocycles. The molecule has 1 aromatic carbocycles. The lowest BCUT2D eigenvalue weighted by molar-refractivity contribution is 0.533. The highest BCUT2D eigenvalue weighted by molar-refractivity contribution is 5.76. The minimum Gasteiger partial charge on any atom is -0.330 e. The summed E-state index contributed by atoms with van der Waals surface area (Å²) in [4.78, 5) is 4.30. The van der Waals surface area contributed by atoms with Crippen LogP contribution in [-0.2, 0) is 6.54 Å². The van der Waals surface area contributed by atoms with Crippen LogP contribution in [-0.4, -0.2) is 9.55 Å². The molecule has 0 spiro atoms. The Labute approximate surface area is 89.0 Å². The van der Waals surface area contributed by atoms with Gasteiger partial charge in [-0.1, -0.05) is 13.8 Å². The fraction of sp³-hybridized carbons (Fsp3) is 0.333. The average molecular weight is 199 g/mol. The van der Waals surface area contributed by atoms with Crippen LogP contribution in [0.1, 0.15) is 19.4 Å². The molecule has 2 aromatic rings. The van der Waals surface area contributed by atoms with Crippen molar-refractivity contribution in [3.63, 3.8) is 0 Å². The van der Waals surface area contributed by atoms with E-state index in [0.717, 1.165) is 17.6 Å². The standard InChI is InChI=1S/C12H13N3/c1-9(2)7-15-8-14-11-4-3-10(6-13)5-12(11)15/h3-5,8-9H,7H2,1-2H3. The van der Waals surface area contributed by atoms with Gasteiger partial charge in [0.15, 0.2) is 0 Å². The molecule has 1 heterocycles. The number of hydrogen-bond acceptors (Lipinski definition) is 2. The van der Waals surface area contributed by atoms with Crippen molar-refractivity contribution in [1.82, 2.24) is 9.55 Å². The van der Waals surface area contributed by atoms with Gasteiger partial charge in [0.25, 0.3) is 0 Å². The third-order valence-corrected chi connectivity index (χ3v) is 2.31. The lowest BCUT2D eigenvalue weighted by Crippen LogP contribution is -2.02. The first-order valence-electron chi connectivity index (χ1n) is 5.05. The lowest BCUT2D eigenvalue weighted by atomic mass is 10.2. The first-order valence-corrected chi connectivity index (χ1v) is 5.05. The Balaban J connectivity index is 2.52. The van der Waals surface area contributed by atoms with Crippen molar-refractivity contribution >= 4 is 11.0 Å². The van der Waals surface area contributed by atoms with E-state index in [4.69, 9.17) is 5.26 Å². The molecule has 0 unspecified atom stereocenters. The van der Waals surface area contributed by atoms with Crippen molar-refractivity contribution in [1.29, 1.82) is 5.26 Å². The minimum absolute atomic E-state index is 0.577. The summed E-state index contributed by atoms with van der Waals surface area (Å²) in [5.74, 6) is 0.577. The lowest BCUT2D eigenvalue weighted by Gasteiger charge is -2.06. The molecule has 2 rings (SSSR count). The normalized spacial score (nSPS) is 10.8. The van der Waals surface area contributed by atoms with E-state index in [9.17, 15) is 0 Å². The monoisotopic (exact) mass is 199 g/mol. The molecule has 76 valence electrons. The zero-order valence-corrected chi connectivity index (χ0v) is 8.94. The summed E-state index contributed by atoms with van der Waals surface area (Å²) in [6.45, 7) is 5.27. The van der Waals surface area contributed by atoms with Crippen molar-refractivity contribution in [2.45, 2.75) is 20.4 Å². The molecule has 0 saturated carbocycles. The van der Waals surface area contributed by atoms with Gasteiger partial charge in [0.05, 0.1) is 29.0 Å². The van der Waals surface area contributed by atoms with Crippen molar-refractivity contribution in [2.24, 2.45) is 5.92 Å². The summed E-state index contributed by atoms with van der Waals surface area (Å²) in [6.07, 6.45) is 1.84. The van der Waals surface area contributed by atoms with Crippen LogP contribution in [0.5, 0.6) is 0 Å².